The van der Waals surface area contributed by atoms with Crippen LogP contribution in [0.1, 0.15) is 27.6 Å². The van der Waals surface area contributed by atoms with Gasteiger partial charge >= 0.3 is 5.97 Å². The second kappa shape index (κ2) is 8.96. The van der Waals surface area contributed by atoms with Gasteiger partial charge < -0.3 is 4.74 Å². The van der Waals surface area contributed by atoms with Gasteiger partial charge in [0.2, 0.25) is 0 Å². The van der Waals surface area contributed by atoms with Crippen LogP contribution in [0.15, 0.2) is 97.6 Å². The first-order valence-corrected chi connectivity index (χ1v) is 9.34. The monoisotopic (exact) mass is 399 g/mol. The Morgan fingerprint density at radius 1 is 0.933 bits per heavy atom. The van der Waals surface area contributed by atoms with Crippen molar-refractivity contribution < 1.29 is 13.9 Å². The number of aromatic nitrogens is 3. The van der Waals surface area contributed by atoms with Gasteiger partial charge in [-0.2, -0.15) is 5.10 Å². The number of rotatable bonds is 6. The lowest BCUT2D eigenvalue weighted by molar-refractivity contribution is 0.0399. The summed E-state index contributed by atoms with van der Waals surface area (Å²) < 4.78 is 20.7. The van der Waals surface area contributed by atoms with Gasteiger partial charge in [-0.3, -0.25) is 0 Å². The first kappa shape index (κ1) is 19.3. The Kier molecular flexibility index (Phi) is 5.75. The third kappa shape index (κ3) is 4.50. The molecule has 0 bridgehead atoms. The first-order chi connectivity index (χ1) is 14.7. The van der Waals surface area contributed by atoms with Crippen LogP contribution in [0.25, 0.3) is 11.8 Å². The van der Waals surface area contributed by atoms with E-state index in [-0.39, 0.29) is 5.56 Å². The van der Waals surface area contributed by atoms with E-state index in [0.29, 0.717) is 5.70 Å². The molecule has 1 aromatic heterocycles. The molecule has 0 radical (unpaired) electrons. The van der Waals surface area contributed by atoms with Crippen molar-refractivity contribution in [3.63, 3.8) is 0 Å². The highest BCUT2D eigenvalue weighted by molar-refractivity contribution is 5.90. The van der Waals surface area contributed by atoms with Crippen molar-refractivity contribution in [1.29, 1.82) is 0 Å². The molecule has 4 rings (SSSR count). The van der Waals surface area contributed by atoms with E-state index >= 15 is 0 Å². The van der Waals surface area contributed by atoms with E-state index in [1.165, 1.54) is 30.6 Å². The lowest BCUT2D eigenvalue weighted by Gasteiger charge is -2.21. The topological polar surface area (TPSA) is 57.0 Å². The van der Waals surface area contributed by atoms with E-state index in [1.807, 2.05) is 66.7 Å². The van der Waals surface area contributed by atoms with Gasteiger partial charge in [0.25, 0.3) is 0 Å². The molecule has 1 atom stereocenters. The average molecular weight is 399 g/mol. The first-order valence-electron chi connectivity index (χ1n) is 9.34. The predicted octanol–water partition coefficient (Wildman–Crippen LogP) is 5.01. The van der Waals surface area contributed by atoms with Gasteiger partial charge in [0.05, 0.1) is 11.3 Å². The highest BCUT2D eigenvalue weighted by Crippen LogP contribution is 2.31. The summed E-state index contributed by atoms with van der Waals surface area (Å²) >= 11 is 0. The molecule has 0 aliphatic carbocycles. The van der Waals surface area contributed by atoms with E-state index in [2.05, 4.69) is 10.1 Å². The largest absolute Gasteiger partial charge is 0.447 e. The number of benzene rings is 3. The van der Waals surface area contributed by atoms with E-state index in [4.69, 9.17) is 4.74 Å². The number of hydrogen-bond donors (Lipinski definition) is 0. The minimum absolute atomic E-state index is 0.259. The summed E-state index contributed by atoms with van der Waals surface area (Å²) in [6, 6.07) is 24.3. The molecular weight excluding hydrogens is 381 g/mol. The molecule has 0 saturated carbocycles. The molecule has 1 unspecified atom stereocenters. The van der Waals surface area contributed by atoms with Crippen LogP contribution in [0.3, 0.4) is 0 Å². The Labute approximate surface area is 173 Å². The summed E-state index contributed by atoms with van der Waals surface area (Å²) in [5.41, 5.74) is 2.56. The van der Waals surface area contributed by atoms with Crippen LogP contribution in [0.2, 0.25) is 0 Å². The number of carbonyl (C=O) groups is 1. The lowest BCUT2D eigenvalue weighted by Crippen LogP contribution is -2.17. The van der Waals surface area contributed by atoms with E-state index < -0.39 is 17.9 Å². The van der Waals surface area contributed by atoms with Gasteiger partial charge in [0.15, 0.2) is 6.10 Å². The molecule has 0 saturated heterocycles. The third-order valence-corrected chi connectivity index (χ3v) is 4.47. The number of esters is 1. The summed E-state index contributed by atoms with van der Waals surface area (Å²) in [6.07, 6.45) is 4.11. The summed E-state index contributed by atoms with van der Waals surface area (Å²) in [5.74, 6) is -0.985. The van der Waals surface area contributed by atoms with Crippen molar-refractivity contribution in [3.05, 3.63) is 120 Å². The molecule has 0 aliphatic rings. The second-order valence-corrected chi connectivity index (χ2v) is 6.52. The SMILES string of the molecule is O=C(OC(/C(=C\c1ccccc1)n1cncn1)c1ccccc1)c1ccc(F)cc1. The molecule has 30 heavy (non-hydrogen) atoms. The molecule has 1 heterocycles. The fourth-order valence-electron chi connectivity index (χ4n) is 3.01. The van der Waals surface area contributed by atoms with Gasteiger partial charge in [-0.1, -0.05) is 60.7 Å². The second-order valence-electron chi connectivity index (χ2n) is 6.52. The summed E-state index contributed by atoms with van der Waals surface area (Å²) in [7, 11) is 0. The van der Waals surface area contributed by atoms with Crippen molar-refractivity contribution in [2.45, 2.75) is 6.10 Å². The summed E-state index contributed by atoms with van der Waals surface area (Å²) in [6.45, 7) is 0. The Bertz CT molecular complexity index is 1130. The maximum Gasteiger partial charge on any atom is 0.339 e. The number of halogens is 1. The molecule has 6 heteroatoms. The van der Waals surface area contributed by atoms with Gasteiger partial charge in [-0.15, -0.1) is 0 Å². The zero-order chi connectivity index (χ0) is 20.8. The molecule has 0 spiro atoms. The summed E-state index contributed by atoms with van der Waals surface area (Å²) in [5, 5.41) is 4.25. The van der Waals surface area contributed by atoms with Crippen LogP contribution in [-0.4, -0.2) is 20.7 Å². The van der Waals surface area contributed by atoms with Gasteiger partial charge in [-0.25, -0.2) is 18.9 Å². The zero-order valence-electron chi connectivity index (χ0n) is 15.9. The van der Waals surface area contributed by atoms with Crippen LogP contribution in [0.5, 0.6) is 0 Å². The molecule has 0 N–H and O–H groups in total. The minimum Gasteiger partial charge on any atom is -0.447 e. The van der Waals surface area contributed by atoms with E-state index in [0.717, 1.165) is 11.1 Å². The average Bonchev–Trinajstić information content (AvgIpc) is 3.32. The standard InChI is InChI=1S/C24H18FN3O2/c25-21-13-11-20(12-14-21)24(29)30-23(19-9-5-2-6-10-19)22(28-17-26-16-27-28)15-18-7-3-1-4-8-18/h1-17,23H/b22-15+. The predicted molar refractivity (Wildman–Crippen MR) is 112 cm³/mol. The lowest BCUT2D eigenvalue weighted by atomic mass is 10.0. The van der Waals surface area contributed by atoms with E-state index in [1.54, 1.807) is 11.0 Å². The van der Waals surface area contributed by atoms with Crippen LogP contribution in [-0.2, 0) is 4.74 Å². The van der Waals surface area contributed by atoms with Gasteiger partial charge in [0.1, 0.15) is 18.5 Å². The molecule has 148 valence electrons. The molecule has 0 amide bonds. The fraction of sp³-hybridized carbons (Fsp3) is 0.0417. The van der Waals surface area contributed by atoms with Crippen LogP contribution >= 0.6 is 0 Å². The highest BCUT2D eigenvalue weighted by Gasteiger charge is 2.24. The number of nitrogens with zero attached hydrogens (tertiary/aromatic N) is 3. The van der Waals surface area contributed by atoms with Crippen LogP contribution in [0, 0.1) is 5.82 Å². The van der Waals surface area contributed by atoms with Crippen molar-refractivity contribution in [2.75, 3.05) is 0 Å². The molecule has 3 aromatic carbocycles. The molecule has 0 fully saturated rings. The van der Waals surface area contributed by atoms with Crippen molar-refractivity contribution in [2.24, 2.45) is 0 Å². The molecule has 0 aliphatic heterocycles. The Hall–Kier alpha value is -4.06. The third-order valence-electron chi connectivity index (χ3n) is 4.47. The number of ether oxygens (including phenoxy) is 1. The normalized spacial score (nSPS) is 12.4. The van der Waals surface area contributed by atoms with Gasteiger partial charge in [0, 0.05) is 0 Å². The van der Waals surface area contributed by atoms with Crippen molar-refractivity contribution in [1.82, 2.24) is 14.8 Å². The fourth-order valence-corrected chi connectivity index (χ4v) is 3.01. The maximum absolute atomic E-state index is 13.3. The number of carbonyl (C=O) groups excluding carboxylic acids is 1. The molecular formula is C24H18FN3O2. The Morgan fingerprint density at radius 2 is 1.60 bits per heavy atom. The zero-order valence-corrected chi connectivity index (χ0v) is 15.9. The van der Waals surface area contributed by atoms with Crippen LogP contribution < -0.4 is 0 Å². The van der Waals surface area contributed by atoms with E-state index in [9.17, 15) is 9.18 Å². The minimum atomic E-state index is -0.759. The number of hydrogen-bond acceptors (Lipinski definition) is 4. The summed E-state index contributed by atoms with van der Waals surface area (Å²) in [4.78, 5) is 16.9. The highest BCUT2D eigenvalue weighted by atomic mass is 19.1. The van der Waals surface area contributed by atoms with Gasteiger partial charge in [-0.05, 0) is 41.5 Å². The Balaban J connectivity index is 1.77. The van der Waals surface area contributed by atoms with Crippen molar-refractivity contribution >= 4 is 17.7 Å². The molecule has 5 nitrogen and oxygen atoms in total. The van der Waals surface area contributed by atoms with Crippen LogP contribution in [0.4, 0.5) is 4.39 Å². The van der Waals surface area contributed by atoms with Crippen molar-refractivity contribution in [3.8, 4) is 0 Å². The Morgan fingerprint density at radius 3 is 2.23 bits per heavy atom. The maximum atomic E-state index is 13.3. The molecule has 4 aromatic rings. The smallest absolute Gasteiger partial charge is 0.339 e. The quantitative estimate of drug-likeness (QED) is 0.428.